The van der Waals surface area contributed by atoms with Crippen molar-refractivity contribution in [2.24, 2.45) is 5.92 Å². The van der Waals surface area contributed by atoms with E-state index in [0.717, 1.165) is 44.3 Å². The van der Waals surface area contributed by atoms with Crippen molar-refractivity contribution >= 4 is 16.7 Å². The van der Waals surface area contributed by atoms with Gasteiger partial charge in [-0.2, -0.15) is 0 Å². The summed E-state index contributed by atoms with van der Waals surface area (Å²) < 4.78 is 29.3. The summed E-state index contributed by atoms with van der Waals surface area (Å²) >= 11 is 0. The maximum Gasteiger partial charge on any atom is 0.273 e. The van der Waals surface area contributed by atoms with E-state index in [1.807, 2.05) is 4.31 Å². The lowest BCUT2D eigenvalue weighted by Crippen LogP contribution is -2.52. The van der Waals surface area contributed by atoms with Crippen LogP contribution in [-0.4, -0.2) is 73.9 Å². The van der Waals surface area contributed by atoms with Gasteiger partial charge in [0.25, 0.3) is 5.91 Å². The number of hydrogen-bond acceptors (Lipinski definition) is 7. The Labute approximate surface area is 180 Å². The van der Waals surface area contributed by atoms with Crippen molar-refractivity contribution < 1.29 is 18.4 Å². The molecule has 2 atom stereocenters. The van der Waals surface area contributed by atoms with E-state index in [1.54, 1.807) is 6.07 Å². The molecule has 1 aliphatic heterocycles. The molecule has 8 nitrogen and oxygen atoms in total. The van der Waals surface area contributed by atoms with Gasteiger partial charge < -0.3 is 14.7 Å². The summed E-state index contributed by atoms with van der Waals surface area (Å²) in [5, 5.41) is 6.95. The maximum atomic E-state index is 12.6. The predicted molar refractivity (Wildman–Crippen MR) is 118 cm³/mol. The molecule has 30 heavy (non-hydrogen) atoms. The van der Waals surface area contributed by atoms with E-state index in [0.29, 0.717) is 37.2 Å². The lowest BCUT2D eigenvalue weighted by Gasteiger charge is -2.53. The van der Waals surface area contributed by atoms with Gasteiger partial charge in [0.05, 0.1) is 5.25 Å². The Hall–Kier alpha value is -1.13. The summed E-state index contributed by atoms with van der Waals surface area (Å²) in [6, 6.07) is 2.29. The fourth-order valence-electron chi connectivity index (χ4n) is 4.85. The second-order valence-corrected chi connectivity index (χ2v) is 11.9. The zero-order chi connectivity index (χ0) is 21.5. The standard InChI is InChI=1S/C21H36N4O4S/c1-14-13-25(30(27,28)17-8-6-16(7-9-17)24(2)3)11-10-18(14)22-21(26)19-12-20(29-23-19)15-4-5-15/h12,14-18,27-28H,4-11,13H2,1-3H3,(H,22,26)/t14-,16?,17?,18+/m0/s1. The highest BCUT2D eigenvalue weighted by Gasteiger charge is 2.40. The van der Waals surface area contributed by atoms with Crippen molar-refractivity contribution in [3.63, 3.8) is 0 Å². The quantitative estimate of drug-likeness (QED) is 0.622. The number of carbonyl (C=O) groups is 1. The molecular formula is C21H36N4O4S. The van der Waals surface area contributed by atoms with Gasteiger partial charge in [-0.1, -0.05) is 12.1 Å². The van der Waals surface area contributed by atoms with Crippen molar-refractivity contribution in [3.05, 3.63) is 17.5 Å². The van der Waals surface area contributed by atoms with Crippen LogP contribution in [0.15, 0.2) is 10.6 Å². The topological polar surface area (TPSA) is 102 Å². The van der Waals surface area contributed by atoms with Crippen molar-refractivity contribution in [1.82, 2.24) is 19.7 Å². The number of aromatic nitrogens is 1. The van der Waals surface area contributed by atoms with Crippen LogP contribution in [0.5, 0.6) is 0 Å². The van der Waals surface area contributed by atoms with Gasteiger partial charge in [-0.05, 0) is 65.0 Å². The van der Waals surface area contributed by atoms with E-state index >= 15 is 0 Å². The third-order valence-corrected chi connectivity index (χ3v) is 9.58. The summed E-state index contributed by atoms with van der Waals surface area (Å²) in [6.07, 6.45) is 6.64. The highest BCUT2D eigenvalue weighted by Crippen LogP contribution is 2.54. The highest BCUT2D eigenvalue weighted by atomic mass is 32.3. The van der Waals surface area contributed by atoms with E-state index in [4.69, 9.17) is 4.52 Å². The Morgan fingerprint density at radius 3 is 2.50 bits per heavy atom. The Morgan fingerprint density at radius 2 is 1.90 bits per heavy atom. The van der Waals surface area contributed by atoms with Crippen molar-refractivity contribution in [2.45, 2.75) is 75.1 Å². The Kier molecular flexibility index (Phi) is 6.46. The molecule has 0 unspecified atom stereocenters. The third kappa shape index (κ3) is 4.70. The van der Waals surface area contributed by atoms with Gasteiger partial charge in [-0.3, -0.25) is 13.9 Å². The predicted octanol–water partition coefficient (Wildman–Crippen LogP) is 3.53. The first-order valence-corrected chi connectivity index (χ1v) is 12.8. The summed E-state index contributed by atoms with van der Waals surface area (Å²) in [5.74, 6) is 1.16. The number of piperidine rings is 1. The number of nitrogens with one attached hydrogen (secondary N) is 1. The second-order valence-electron chi connectivity index (χ2n) is 9.58. The van der Waals surface area contributed by atoms with Gasteiger partial charge in [0.2, 0.25) is 0 Å². The summed E-state index contributed by atoms with van der Waals surface area (Å²) in [6.45, 7) is 3.22. The van der Waals surface area contributed by atoms with E-state index in [-0.39, 0.29) is 23.1 Å². The van der Waals surface area contributed by atoms with E-state index in [9.17, 15) is 13.9 Å². The van der Waals surface area contributed by atoms with Gasteiger partial charge in [0, 0.05) is 37.2 Å². The fraction of sp³-hybridized carbons (Fsp3) is 0.810. The summed E-state index contributed by atoms with van der Waals surface area (Å²) in [4.78, 5) is 14.8. The molecule has 0 bridgehead atoms. The molecule has 0 spiro atoms. The van der Waals surface area contributed by atoms with Crippen molar-refractivity contribution in [1.29, 1.82) is 0 Å². The molecule has 1 saturated heterocycles. The van der Waals surface area contributed by atoms with Crippen LogP contribution in [0.4, 0.5) is 0 Å². The van der Waals surface area contributed by atoms with Gasteiger partial charge >= 0.3 is 0 Å². The van der Waals surface area contributed by atoms with Crippen molar-refractivity contribution in [2.75, 3.05) is 27.2 Å². The molecule has 3 aliphatic rings. The van der Waals surface area contributed by atoms with Crippen LogP contribution in [0.2, 0.25) is 0 Å². The largest absolute Gasteiger partial charge is 0.360 e. The molecule has 3 N–H and O–H groups in total. The second kappa shape index (κ2) is 8.78. The van der Waals surface area contributed by atoms with Gasteiger partial charge in [-0.15, -0.1) is 10.8 Å². The van der Waals surface area contributed by atoms with Crippen LogP contribution in [-0.2, 0) is 0 Å². The molecule has 2 saturated carbocycles. The monoisotopic (exact) mass is 440 g/mol. The molecule has 0 radical (unpaired) electrons. The number of amides is 1. The first-order chi connectivity index (χ1) is 14.3. The average Bonchev–Trinajstić information content (AvgIpc) is 3.45. The molecule has 170 valence electrons. The Balaban J connectivity index is 1.30. The van der Waals surface area contributed by atoms with Crippen LogP contribution in [0, 0.1) is 5.92 Å². The highest BCUT2D eigenvalue weighted by molar-refractivity contribution is 8.22. The third-order valence-electron chi connectivity index (χ3n) is 7.13. The fourth-order valence-corrected chi connectivity index (χ4v) is 7.01. The maximum absolute atomic E-state index is 12.6. The van der Waals surface area contributed by atoms with Gasteiger partial charge in [0.1, 0.15) is 5.76 Å². The zero-order valence-corrected chi connectivity index (χ0v) is 19.1. The smallest absolute Gasteiger partial charge is 0.273 e. The number of hydrogen-bond donors (Lipinski definition) is 3. The minimum absolute atomic E-state index is 0.00509. The van der Waals surface area contributed by atoms with Crippen LogP contribution < -0.4 is 5.32 Å². The first kappa shape index (κ1) is 22.1. The lowest BCUT2D eigenvalue weighted by molar-refractivity contribution is 0.0888. The molecule has 3 fully saturated rings. The van der Waals surface area contributed by atoms with Crippen LogP contribution in [0.3, 0.4) is 0 Å². The van der Waals surface area contributed by atoms with E-state index in [1.165, 1.54) is 0 Å². The lowest BCUT2D eigenvalue weighted by atomic mass is 9.94. The Bertz CT molecular complexity index is 743. The average molecular weight is 441 g/mol. The minimum atomic E-state index is -2.80. The first-order valence-electron chi connectivity index (χ1n) is 11.2. The van der Waals surface area contributed by atoms with Crippen LogP contribution in [0.25, 0.3) is 0 Å². The Morgan fingerprint density at radius 1 is 1.20 bits per heavy atom. The SMILES string of the molecule is C[C@H]1CN(S(O)(O)C2CCC(N(C)C)CC2)CC[C@H]1NC(=O)c1cc(C2CC2)on1. The molecule has 1 aromatic rings. The number of nitrogens with zero attached hydrogens (tertiary/aromatic N) is 3. The molecule has 1 aromatic heterocycles. The molecule has 2 aliphatic carbocycles. The molecule has 4 rings (SSSR count). The van der Waals surface area contributed by atoms with Crippen molar-refractivity contribution in [3.8, 4) is 0 Å². The van der Waals surface area contributed by atoms with E-state index < -0.39 is 10.8 Å². The molecule has 1 amide bonds. The van der Waals surface area contributed by atoms with Gasteiger partial charge in [0.15, 0.2) is 5.69 Å². The molecule has 9 heteroatoms. The number of carbonyl (C=O) groups excluding carboxylic acids is 1. The normalized spacial score (nSPS) is 31.7. The zero-order valence-electron chi connectivity index (χ0n) is 18.3. The van der Waals surface area contributed by atoms with E-state index in [2.05, 4.69) is 36.4 Å². The minimum Gasteiger partial charge on any atom is -0.360 e. The summed E-state index contributed by atoms with van der Waals surface area (Å²) in [7, 11) is 1.39. The molecular weight excluding hydrogens is 404 g/mol. The van der Waals surface area contributed by atoms with Gasteiger partial charge in [-0.25, -0.2) is 4.31 Å². The van der Waals surface area contributed by atoms with Crippen LogP contribution >= 0.6 is 10.8 Å². The summed E-state index contributed by atoms with van der Waals surface area (Å²) in [5.41, 5.74) is 0.341. The molecule has 2 heterocycles. The van der Waals surface area contributed by atoms with Crippen LogP contribution in [0.1, 0.15) is 74.0 Å². The molecule has 0 aromatic carbocycles. The number of rotatable bonds is 6.